The Labute approximate surface area is 490 Å². The summed E-state index contributed by atoms with van der Waals surface area (Å²) >= 11 is 0. The van der Waals surface area contributed by atoms with Crippen LogP contribution in [-0.4, -0.2) is 39.9 Å². The topological polar surface area (TPSA) is 115 Å². The third-order valence-corrected chi connectivity index (χ3v) is 19.2. The summed E-state index contributed by atoms with van der Waals surface area (Å²) in [6.45, 7) is 39.6. The van der Waals surface area contributed by atoms with Crippen molar-refractivity contribution in [2.24, 2.45) is 0 Å². The van der Waals surface area contributed by atoms with Crippen molar-refractivity contribution in [1.29, 1.82) is 0 Å². The van der Waals surface area contributed by atoms with Crippen LogP contribution < -0.4 is 0 Å². The number of hydrogen-bond acceptors (Lipinski definition) is 4. The molecule has 4 aliphatic heterocycles. The van der Waals surface area contributed by atoms with Crippen molar-refractivity contribution in [3.05, 3.63) is 138 Å². The van der Waals surface area contributed by atoms with E-state index in [0.717, 1.165) is 181 Å². The zero-order valence-corrected chi connectivity index (χ0v) is 53.1. The normalized spacial score (nSPS) is 13.9. The van der Waals surface area contributed by atoms with Crippen LogP contribution in [0.3, 0.4) is 0 Å². The zero-order valence-electron chi connectivity index (χ0n) is 53.1. The Bertz CT molecular complexity index is 3750. The van der Waals surface area contributed by atoms with E-state index in [1.54, 1.807) is 0 Å². The smallest absolute Gasteiger partial charge is 0.0731 e. The van der Waals surface area contributed by atoms with Crippen LogP contribution in [-0.2, 0) is 51.4 Å². The van der Waals surface area contributed by atoms with Gasteiger partial charge in [-0.1, -0.05) is 118 Å². The van der Waals surface area contributed by atoms with Crippen molar-refractivity contribution in [1.82, 2.24) is 39.9 Å². The minimum absolute atomic E-state index is 0.187. The molecule has 16 bridgehead atoms. The van der Waals surface area contributed by atoms with Crippen molar-refractivity contribution in [2.75, 3.05) is 0 Å². The summed E-state index contributed by atoms with van der Waals surface area (Å²) in [4.78, 5) is 39.9. The minimum Gasteiger partial charge on any atom is -0.355 e. The molecule has 4 N–H and O–H groups in total. The molecule has 0 radical (unpaired) electrons. The lowest BCUT2D eigenvalue weighted by atomic mass is 9.83. The number of hydrogen-bond donors (Lipinski definition) is 4. The number of rotatable bonds is 18. The summed E-state index contributed by atoms with van der Waals surface area (Å²) < 4.78 is 0. The van der Waals surface area contributed by atoms with Gasteiger partial charge in [-0.25, -0.2) is 19.9 Å². The number of nitrogens with zero attached hydrogens (tertiary/aromatic N) is 4. The summed E-state index contributed by atoms with van der Waals surface area (Å²) in [6.07, 6.45) is 14.3. The lowest BCUT2D eigenvalue weighted by Crippen LogP contribution is -2.07. The maximum absolute atomic E-state index is 6.06. The van der Waals surface area contributed by atoms with Crippen molar-refractivity contribution < 1.29 is 0 Å². The van der Waals surface area contributed by atoms with Gasteiger partial charge in [-0.05, 0) is 228 Å². The van der Waals surface area contributed by atoms with Crippen LogP contribution in [0.2, 0.25) is 0 Å². The van der Waals surface area contributed by atoms with E-state index in [1.807, 2.05) is 0 Å². The fourth-order valence-corrected chi connectivity index (χ4v) is 15.4. The second-order valence-electron chi connectivity index (χ2n) is 22.9. The molecule has 430 valence electrons. The van der Waals surface area contributed by atoms with Gasteiger partial charge in [0.1, 0.15) is 0 Å². The van der Waals surface area contributed by atoms with Crippen molar-refractivity contribution in [3.63, 3.8) is 0 Å². The second-order valence-corrected chi connectivity index (χ2v) is 22.9. The number of aromatic nitrogens is 8. The largest absolute Gasteiger partial charge is 0.355 e. The Morgan fingerprint density at radius 3 is 0.695 bits per heavy atom. The molecule has 0 atom stereocenters. The molecule has 0 saturated heterocycles. The van der Waals surface area contributed by atoms with Crippen LogP contribution in [0.5, 0.6) is 0 Å². The Balaban J connectivity index is 1.49. The molecule has 0 spiro atoms. The lowest BCUT2D eigenvalue weighted by Gasteiger charge is -2.20. The van der Waals surface area contributed by atoms with Crippen molar-refractivity contribution in [3.8, 4) is 0 Å². The fourth-order valence-electron chi connectivity index (χ4n) is 15.4. The maximum atomic E-state index is 6.06. The molecule has 0 fully saturated rings. The first kappa shape index (κ1) is 58.4. The summed E-state index contributed by atoms with van der Waals surface area (Å²) in [5.41, 5.74) is 42.0. The van der Waals surface area contributed by atoms with Crippen LogP contribution in [0.15, 0.2) is 36.4 Å². The molecule has 10 rings (SSSR count). The Morgan fingerprint density at radius 2 is 0.463 bits per heavy atom. The summed E-state index contributed by atoms with van der Waals surface area (Å²) in [5.74, 6) is -0.187. The van der Waals surface area contributed by atoms with Gasteiger partial charge in [0.2, 0.25) is 0 Å². The second kappa shape index (κ2) is 24.2. The molecule has 10 heterocycles. The maximum Gasteiger partial charge on any atom is 0.0731 e. The van der Waals surface area contributed by atoms with E-state index in [2.05, 4.69) is 174 Å². The first-order valence-corrected chi connectivity index (χ1v) is 32.4. The summed E-state index contributed by atoms with van der Waals surface area (Å²) in [7, 11) is 0. The Hall–Kier alpha value is -6.80. The molecule has 4 aliphatic rings. The number of aromatic amines is 4. The third kappa shape index (κ3) is 9.43. The van der Waals surface area contributed by atoms with Gasteiger partial charge in [0.15, 0.2) is 0 Å². The average molecular weight is 1100 g/mol. The van der Waals surface area contributed by atoms with Gasteiger partial charge in [-0.15, -0.1) is 0 Å². The molecule has 0 unspecified atom stereocenters. The van der Waals surface area contributed by atoms with Gasteiger partial charge in [0.25, 0.3) is 0 Å². The number of fused-ring (bicyclic) bond motifs is 16. The highest BCUT2D eigenvalue weighted by molar-refractivity contribution is 6.00. The Morgan fingerprint density at radius 1 is 0.256 bits per heavy atom. The number of allylic oxidation sites excluding steroid dienone is 8. The molecule has 6 aromatic rings. The predicted octanol–water partition coefficient (Wildman–Crippen LogP) is 20.5. The predicted molar refractivity (Wildman–Crippen MR) is 354 cm³/mol. The molecule has 0 saturated carbocycles. The monoisotopic (exact) mass is 1090 g/mol. The van der Waals surface area contributed by atoms with E-state index in [9.17, 15) is 0 Å². The van der Waals surface area contributed by atoms with Gasteiger partial charge in [0.05, 0.1) is 45.6 Å². The number of H-pyrrole nitrogens is 4. The minimum atomic E-state index is -0.187. The van der Waals surface area contributed by atoms with E-state index in [-0.39, 0.29) is 5.92 Å². The van der Waals surface area contributed by atoms with Gasteiger partial charge >= 0.3 is 0 Å². The highest BCUT2D eigenvalue weighted by Gasteiger charge is 2.33. The fraction of sp³-hybridized carbons (Fsp3) is 0.459. The standard InChI is InChI=1S/C74H94N8/c1-18-41-45(22-5)61-36-65-49(26-9)53(30-13)71(79-65)69(72-54(31-14)50(27-10)66(80-72)37-62-46(23-6)42(19-2)58(76-62)34-57(41)75-61)40(17)70-73-55(32-15)51(28-11)67(81-73)38-63-47(24-7)43(20-3)59(77-63)35-60-44(21-4)48(25-8)64(78-60)39-68-52(29-12)56(33-16)74(70)82-68/h34-40,75,77,80,82H,18-33H2,1-17H3. The first-order valence-electron chi connectivity index (χ1n) is 32.4. The van der Waals surface area contributed by atoms with E-state index < -0.39 is 0 Å². The molecule has 6 aromatic heterocycles. The quantitative estimate of drug-likeness (QED) is 0.0686. The SMILES string of the molecule is CCC1=C(CC)c2cc3[nH]c(c(CC)c3CC)c(C(C)c3c4nc(cc5[nH]c(cc6nc(cc7[nH]c3c(CC)c7CC)C(CC)=C6CC)c(CC)c5CC)C(CC)=C4CC)c3nc(cc4[nH]c(cc1n2)c(CC)c4CC)C(CC)=C3CC. The van der Waals surface area contributed by atoms with E-state index >= 15 is 0 Å². The molecular formula is C74H94N8. The number of nitrogens with one attached hydrogen (secondary N) is 4. The van der Waals surface area contributed by atoms with Crippen molar-refractivity contribution >= 4 is 88.7 Å². The molecular weight excluding hydrogens is 1000 g/mol. The van der Waals surface area contributed by atoms with E-state index in [1.165, 1.54) is 111 Å². The average Bonchev–Trinajstić information content (AvgIpc) is 4.46. The van der Waals surface area contributed by atoms with Crippen LogP contribution in [0.25, 0.3) is 88.7 Å². The Kier molecular flexibility index (Phi) is 17.2. The molecule has 0 aliphatic carbocycles. The van der Waals surface area contributed by atoms with Crippen LogP contribution in [0.4, 0.5) is 0 Å². The van der Waals surface area contributed by atoms with E-state index in [4.69, 9.17) is 19.9 Å². The highest BCUT2D eigenvalue weighted by atomic mass is 14.8. The van der Waals surface area contributed by atoms with Crippen LogP contribution in [0.1, 0.15) is 276 Å². The molecule has 8 heteroatoms. The van der Waals surface area contributed by atoms with Crippen molar-refractivity contribution in [2.45, 2.75) is 226 Å². The zero-order chi connectivity index (χ0) is 58.4. The van der Waals surface area contributed by atoms with E-state index in [0.29, 0.717) is 0 Å². The lowest BCUT2D eigenvalue weighted by molar-refractivity contribution is 0.901. The summed E-state index contributed by atoms with van der Waals surface area (Å²) in [5, 5.41) is 0. The molecule has 8 nitrogen and oxygen atoms in total. The van der Waals surface area contributed by atoms with Gasteiger partial charge in [-0.2, -0.15) is 0 Å². The van der Waals surface area contributed by atoms with Gasteiger partial charge < -0.3 is 19.9 Å². The molecule has 82 heavy (non-hydrogen) atoms. The number of aryl methyl sites for hydroxylation is 8. The highest BCUT2D eigenvalue weighted by Crippen LogP contribution is 2.48. The van der Waals surface area contributed by atoms with Gasteiger partial charge in [0, 0.05) is 61.2 Å². The third-order valence-electron chi connectivity index (χ3n) is 19.2. The molecule has 0 amide bonds. The van der Waals surface area contributed by atoms with Gasteiger partial charge in [-0.3, -0.25) is 0 Å². The first-order chi connectivity index (χ1) is 39.9. The van der Waals surface area contributed by atoms with Crippen LogP contribution in [0, 0.1) is 0 Å². The van der Waals surface area contributed by atoms with Crippen LogP contribution >= 0.6 is 0 Å². The summed E-state index contributed by atoms with van der Waals surface area (Å²) in [6, 6.07) is 14.3. The molecule has 0 aromatic carbocycles.